The van der Waals surface area contributed by atoms with Crippen molar-refractivity contribution in [3.05, 3.63) is 48.0 Å². The van der Waals surface area contributed by atoms with Crippen LogP contribution in [0.4, 0.5) is 0 Å². The zero-order valence-electron chi connectivity index (χ0n) is 14.6. The van der Waals surface area contributed by atoms with Crippen LogP contribution in [0, 0.1) is 5.92 Å². The molecule has 2 fully saturated rings. The molecule has 2 aromatic rings. The van der Waals surface area contributed by atoms with E-state index in [4.69, 9.17) is 5.73 Å². The fourth-order valence-corrected chi connectivity index (χ4v) is 4.50. The van der Waals surface area contributed by atoms with Gasteiger partial charge in [-0.3, -0.25) is 4.79 Å². The molecule has 4 unspecified atom stereocenters. The molecule has 0 radical (unpaired) electrons. The van der Waals surface area contributed by atoms with Gasteiger partial charge in [-0.25, -0.2) is 0 Å². The molecule has 0 bridgehead atoms. The summed E-state index contributed by atoms with van der Waals surface area (Å²) < 4.78 is 0. The predicted molar refractivity (Wildman–Crippen MR) is 101 cm³/mol. The van der Waals surface area contributed by atoms with E-state index < -0.39 is 0 Å². The number of hydrogen-bond acceptors (Lipinski definition) is 3. The summed E-state index contributed by atoms with van der Waals surface area (Å²) in [5.74, 6) is 0.763. The number of nitrogens with one attached hydrogen (secondary N) is 2. The lowest BCUT2D eigenvalue weighted by atomic mass is 9.85. The zero-order valence-corrected chi connectivity index (χ0v) is 14.6. The number of nitrogens with two attached hydrogens (primary N) is 1. The van der Waals surface area contributed by atoms with E-state index >= 15 is 0 Å². The first-order chi connectivity index (χ1) is 12.2. The molecule has 4 N–H and O–H groups in total. The summed E-state index contributed by atoms with van der Waals surface area (Å²) in [7, 11) is 0. The Kier molecular flexibility index (Phi) is 4.73. The lowest BCUT2D eigenvalue weighted by molar-refractivity contribution is -0.123. The molecule has 1 saturated carbocycles. The molecule has 1 heterocycles. The van der Waals surface area contributed by atoms with Gasteiger partial charge in [0.15, 0.2) is 0 Å². The number of fused-ring (bicyclic) bond motifs is 2. The van der Waals surface area contributed by atoms with Gasteiger partial charge in [-0.05, 0) is 47.6 Å². The normalized spacial score (nSPS) is 27.0. The van der Waals surface area contributed by atoms with Crippen LogP contribution in [0.15, 0.2) is 42.5 Å². The highest BCUT2D eigenvalue weighted by Crippen LogP contribution is 2.33. The first-order valence-corrected chi connectivity index (χ1v) is 9.50. The highest BCUT2D eigenvalue weighted by Gasteiger charge is 2.38. The highest BCUT2D eigenvalue weighted by atomic mass is 16.2. The van der Waals surface area contributed by atoms with Gasteiger partial charge in [0, 0.05) is 12.6 Å². The number of carbonyl (C=O) groups is 1. The Morgan fingerprint density at radius 3 is 2.76 bits per heavy atom. The fourth-order valence-electron chi connectivity index (χ4n) is 4.50. The lowest BCUT2D eigenvalue weighted by Gasteiger charge is -2.24. The van der Waals surface area contributed by atoms with Crippen molar-refractivity contribution >= 4 is 16.7 Å². The predicted octanol–water partition coefficient (Wildman–Crippen LogP) is 2.88. The Balaban J connectivity index is 1.46. The van der Waals surface area contributed by atoms with Crippen molar-refractivity contribution in [3.63, 3.8) is 0 Å². The van der Waals surface area contributed by atoms with Crippen LogP contribution < -0.4 is 16.4 Å². The zero-order chi connectivity index (χ0) is 17.2. The van der Waals surface area contributed by atoms with Crippen LogP contribution in [0.25, 0.3) is 10.8 Å². The summed E-state index contributed by atoms with van der Waals surface area (Å²) >= 11 is 0. The smallest absolute Gasteiger partial charge is 0.237 e. The summed E-state index contributed by atoms with van der Waals surface area (Å²) in [6.45, 7) is 0.406. The molecule has 1 aliphatic heterocycles. The van der Waals surface area contributed by atoms with Gasteiger partial charge in [-0.15, -0.1) is 0 Å². The average Bonchev–Trinajstić information content (AvgIpc) is 3.10. The maximum atomic E-state index is 12.8. The minimum Gasteiger partial charge on any atom is -0.347 e. The van der Waals surface area contributed by atoms with Gasteiger partial charge in [0.05, 0.1) is 12.1 Å². The van der Waals surface area contributed by atoms with Crippen molar-refractivity contribution < 1.29 is 4.79 Å². The molecule has 25 heavy (non-hydrogen) atoms. The van der Waals surface area contributed by atoms with Gasteiger partial charge in [-0.2, -0.15) is 0 Å². The van der Waals surface area contributed by atoms with Crippen LogP contribution in [0.1, 0.15) is 43.7 Å². The monoisotopic (exact) mass is 337 g/mol. The van der Waals surface area contributed by atoms with Crippen LogP contribution >= 0.6 is 0 Å². The number of carbonyl (C=O) groups excluding carboxylic acids is 1. The molecule has 0 aromatic heterocycles. The van der Waals surface area contributed by atoms with Crippen LogP contribution in [0.5, 0.6) is 0 Å². The second-order valence-corrected chi connectivity index (χ2v) is 7.51. The number of hydrogen-bond donors (Lipinski definition) is 3. The largest absolute Gasteiger partial charge is 0.347 e. The summed E-state index contributed by atoms with van der Waals surface area (Å²) in [5, 5.41) is 9.11. The average molecular weight is 337 g/mol. The van der Waals surface area contributed by atoms with Crippen LogP contribution in [-0.2, 0) is 4.79 Å². The van der Waals surface area contributed by atoms with E-state index in [0.29, 0.717) is 18.5 Å². The second kappa shape index (κ2) is 7.14. The Morgan fingerprint density at radius 2 is 1.96 bits per heavy atom. The van der Waals surface area contributed by atoms with Gasteiger partial charge in [0.2, 0.25) is 5.91 Å². The quantitative estimate of drug-likeness (QED) is 0.804. The minimum atomic E-state index is -0.137. The molecule has 2 aliphatic rings. The van der Waals surface area contributed by atoms with E-state index in [1.165, 1.54) is 36.5 Å². The molecular weight excluding hydrogens is 310 g/mol. The van der Waals surface area contributed by atoms with Crippen LogP contribution in [0.3, 0.4) is 0 Å². The van der Waals surface area contributed by atoms with Gasteiger partial charge >= 0.3 is 0 Å². The second-order valence-electron chi connectivity index (χ2n) is 7.51. The number of benzene rings is 2. The summed E-state index contributed by atoms with van der Waals surface area (Å²) in [6, 6.07) is 14.9. The SMILES string of the molecule is NCC(NC(=O)C1CC2CCCCC2N1)c1ccc2ccccc2c1. The standard InChI is InChI=1S/C21H27N3O/c22-13-20(17-10-9-14-5-1-2-6-15(14)11-17)24-21(25)19-12-16-7-3-4-8-18(16)23-19/h1-2,5-6,9-11,16,18-20,23H,3-4,7-8,12-13,22H2,(H,24,25). The minimum absolute atomic E-state index is 0.0670. The fraction of sp³-hybridized carbons (Fsp3) is 0.476. The first-order valence-electron chi connectivity index (χ1n) is 9.50. The highest BCUT2D eigenvalue weighted by molar-refractivity contribution is 5.84. The molecule has 4 atom stereocenters. The molecule has 2 aromatic carbocycles. The number of rotatable bonds is 4. The van der Waals surface area contributed by atoms with E-state index in [9.17, 15) is 4.79 Å². The van der Waals surface area contributed by atoms with Crippen LogP contribution in [0.2, 0.25) is 0 Å². The number of amides is 1. The molecule has 1 aliphatic carbocycles. The van der Waals surface area contributed by atoms with Crippen molar-refractivity contribution in [1.82, 2.24) is 10.6 Å². The summed E-state index contributed by atoms with van der Waals surface area (Å²) in [4.78, 5) is 12.8. The molecule has 4 rings (SSSR count). The summed E-state index contributed by atoms with van der Waals surface area (Å²) in [6.07, 6.45) is 6.02. The molecule has 132 valence electrons. The van der Waals surface area contributed by atoms with Crippen LogP contribution in [-0.4, -0.2) is 24.5 Å². The Morgan fingerprint density at radius 1 is 1.16 bits per heavy atom. The van der Waals surface area contributed by atoms with Gasteiger partial charge in [0.25, 0.3) is 0 Å². The van der Waals surface area contributed by atoms with Gasteiger partial charge in [-0.1, -0.05) is 49.2 Å². The van der Waals surface area contributed by atoms with E-state index in [0.717, 1.165) is 12.0 Å². The lowest BCUT2D eigenvalue weighted by Crippen LogP contribution is -2.45. The van der Waals surface area contributed by atoms with E-state index in [1.807, 2.05) is 12.1 Å². The third kappa shape index (κ3) is 3.42. The topological polar surface area (TPSA) is 67.1 Å². The van der Waals surface area contributed by atoms with Crippen molar-refractivity contribution in [2.75, 3.05) is 6.54 Å². The van der Waals surface area contributed by atoms with Gasteiger partial charge in [0.1, 0.15) is 0 Å². The third-order valence-corrected chi connectivity index (χ3v) is 5.91. The maximum absolute atomic E-state index is 12.8. The van der Waals surface area contributed by atoms with E-state index in [1.54, 1.807) is 0 Å². The molecule has 1 saturated heterocycles. The Hall–Kier alpha value is -1.91. The molecule has 4 heteroatoms. The molecule has 4 nitrogen and oxygen atoms in total. The molecule has 1 amide bonds. The third-order valence-electron chi connectivity index (χ3n) is 5.91. The Labute approximate surface area is 149 Å². The van der Waals surface area contributed by atoms with Crippen molar-refractivity contribution in [3.8, 4) is 0 Å². The van der Waals surface area contributed by atoms with Crippen molar-refractivity contribution in [1.29, 1.82) is 0 Å². The Bertz CT molecular complexity index is 746. The van der Waals surface area contributed by atoms with E-state index in [2.05, 4.69) is 41.0 Å². The van der Waals surface area contributed by atoms with Crippen molar-refractivity contribution in [2.24, 2.45) is 11.7 Å². The first kappa shape index (κ1) is 16.6. The summed E-state index contributed by atoms with van der Waals surface area (Å²) in [5.41, 5.74) is 7.05. The molecule has 0 spiro atoms. The maximum Gasteiger partial charge on any atom is 0.237 e. The van der Waals surface area contributed by atoms with Crippen molar-refractivity contribution in [2.45, 2.75) is 50.2 Å². The van der Waals surface area contributed by atoms with E-state index in [-0.39, 0.29) is 18.0 Å². The van der Waals surface area contributed by atoms with Gasteiger partial charge < -0.3 is 16.4 Å². The molecular formula is C21H27N3O.